The highest BCUT2D eigenvalue weighted by molar-refractivity contribution is 5.62. The van der Waals surface area contributed by atoms with Gasteiger partial charge in [-0.1, -0.05) is 0 Å². The zero-order chi connectivity index (χ0) is 12.3. The quantitative estimate of drug-likeness (QED) is 0.820. The summed E-state index contributed by atoms with van der Waals surface area (Å²) < 4.78 is 44.3. The lowest BCUT2D eigenvalue weighted by Crippen LogP contribution is -2.19. The Morgan fingerprint density at radius 2 is 2.06 bits per heavy atom. The van der Waals surface area contributed by atoms with E-state index in [-0.39, 0.29) is 18.0 Å². The number of methoxy groups -OCH3 is 1. The third-order valence-electron chi connectivity index (χ3n) is 1.74. The summed E-state index contributed by atoms with van der Waals surface area (Å²) in [4.78, 5) is 3.42. The third-order valence-corrected chi connectivity index (χ3v) is 1.74. The zero-order valence-electron chi connectivity index (χ0n) is 8.34. The van der Waals surface area contributed by atoms with E-state index in [1.54, 1.807) is 0 Å². The van der Waals surface area contributed by atoms with Crippen LogP contribution in [0.2, 0.25) is 0 Å². The van der Waals surface area contributed by atoms with Crippen LogP contribution in [-0.2, 0) is 6.54 Å². The van der Waals surface area contributed by atoms with Crippen molar-refractivity contribution in [1.29, 1.82) is 0 Å². The summed E-state index contributed by atoms with van der Waals surface area (Å²) in [5.41, 5.74) is 10.8. The Hall–Kier alpha value is -1.70. The molecule has 0 aliphatic carbocycles. The van der Waals surface area contributed by atoms with E-state index in [0.717, 1.165) is 6.20 Å². The number of alkyl halides is 3. The molecule has 1 heterocycles. The van der Waals surface area contributed by atoms with Crippen molar-refractivity contribution in [2.75, 3.05) is 12.8 Å². The lowest BCUT2D eigenvalue weighted by Gasteiger charge is -2.14. The average molecular weight is 237 g/mol. The normalized spacial score (nSPS) is 11.3. The van der Waals surface area contributed by atoms with Crippen LogP contribution in [-0.4, -0.2) is 18.5 Å². The molecule has 16 heavy (non-hydrogen) atoms. The number of nitrogens with two attached hydrogens (primary N) is 2. The maximum absolute atomic E-state index is 12.0. The number of anilines is 1. The van der Waals surface area contributed by atoms with Gasteiger partial charge in [-0.05, 0) is 0 Å². The summed E-state index contributed by atoms with van der Waals surface area (Å²) in [6.07, 6.45) is -3.73. The molecule has 0 aliphatic heterocycles. The first kappa shape index (κ1) is 12.4. The Morgan fingerprint density at radius 3 is 2.50 bits per heavy atom. The molecular formula is C8H10F3N3O2. The molecule has 0 bridgehead atoms. The molecule has 0 amide bonds. The number of nitrogen functional groups attached to an aromatic ring is 1. The highest BCUT2D eigenvalue weighted by atomic mass is 19.4. The monoisotopic (exact) mass is 237 g/mol. The van der Waals surface area contributed by atoms with Crippen molar-refractivity contribution in [2.24, 2.45) is 5.73 Å². The van der Waals surface area contributed by atoms with Crippen LogP contribution in [0, 0.1) is 0 Å². The molecule has 5 nitrogen and oxygen atoms in total. The molecular weight excluding hydrogens is 227 g/mol. The molecule has 0 fully saturated rings. The van der Waals surface area contributed by atoms with Gasteiger partial charge in [0.2, 0.25) is 5.88 Å². The Morgan fingerprint density at radius 1 is 1.44 bits per heavy atom. The molecule has 1 aromatic rings. The van der Waals surface area contributed by atoms with Crippen molar-refractivity contribution in [3.05, 3.63) is 11.8 Å². The molecule has 0 saturated heterocycles. The van der Waals surface area contributed by atoms with Crippen molar-refractivity contribution in [3.8, 4) is 11.6 Å². The van der Waals surface area contributed by atoms with Gasteiger partial charge in [-0.15, -0.1) is 13.2 Å². The maximum Gasteiger partial charge on any atom is 0.574 e. The first-order chi connectivity index (χ1) is 7.39. The zero-order valence-corrected chi connectivity index (χ0v) is 8.34. The van der Waals surface area contributed by atoms with Crippen LogP contribution in [0.15, 0.2) is 6.20 Å². The van der Waals surface area contributed by atoms with Gasteiger partial charge in [-0.25, -0.2) is 4.98 Å². The molecule has 1 aromatic heterocycles. The topological polar surface area (TPSA) is 83.4 Å². The van der Waals surface area contributed by atoms with Crippen LogP contribution in [0.1, 0.15) is 5.56 Å². The minimum Gasteiger partial charge on any atom is -0.494 e. The number of aromatic nitrogens is 1. The maximum atomic E-state index is 12.0. The lowest BCUT2D eigenvalue weighted by atomic mass is 10.2. The Bertz CT molecular complexity index is 382. The van der Waals surface area contributed by atoms with Gasteiger partial charge in [0, 0.05) is 18.3 Å². The Kier molecular flexibility index (Phi) is 3.43. The molecule has 0 spiro atoms. The predicted octanol–water partition coefficient (Wildman–Crippen LogP) is 1.03. The van der Waals surface area contributed by atoms with Gasteiger partial charge < -0.3 is 20.9 Å². The summed E-state index contributed by atoms with van der Waals surface area (Å²) >= 11 is 0. The minimum absolute atomic E-state index is 0.0387. The number of ether oxygens (including phenoxy) is 2. The molecule has 0 radical (unpaired) electrons. The van der Waals surface area contributed by atoms with E-state index >= 15 is 0 Å². The summed E-state index contributed by atoms with van der Waals surface area (Å²) in [7, 11) is 1.27. The molecule has 4 N–H and O–H groups in total. The van der Waals surface area contributed by atoms with E-state index < -0.39 is 12.2 Å². The third kappa shape index (κ3) is 2.66. The van der Waals surface area contributed by atoms with Crippen molar-refractivity contribution in [3.63, 3.8) is 0 Å². The fourth-order valence-corrected chi connectivity index (χ4v) is 1.11. The van der Waals surface area contributed by atoms with Crippen molar-refractivity contribution < 1.29 is 22.6 Å². The van der Waals surface area contributed by atoms with E-state index in [1.807, 2.05) is 0 Å². The highest BCUT2D eigenvalue weighted by Gasteiger charge is 2.33. The first-order valence-corrected chi connectivity index (χ1v) is 4.16. The van der Waals surface area contributed by atoms with Crippen LogP contribution >= 0.6 is 0 Å². The number of halogens is 3. The molecule has 0 aromatic carbocycles. The van der Waals surface area contributed by atoms with E-state index in [1.165, 1.54) is 7.11 Å². The summed E-state index contributed by atoms with van der Waals surface area (Å²) in [6.45, 7) is 0.0483. The molecule has 0 saturated carbocycles. The van der Waals surface area contributed by atoms with E-state index in [9.17, 15) is 13.2 Å². The van der Waals surface area contributed by atoms with E-state index in [2.05, 4.69) is 9.72 Å². The second-order valence-electron chi connectivity index (χ2n) is 2.79. The molecule has 0 aliphatic rings. The van der Waals surface area contributed by atoms with E-state index in [0.29, 0.717) is 5.56 Å². The van der Waals surface area contributed by atoms with Crippen LogP contribution in [0.3, 0.4) is 0 Å². The average Bonchev–Trinajstić information content (AvgIpc) is 2.19. The van der Waals surface area contributed by atoms with E-state index in [4.69, 9.17) is 16.2 Å². The number of pyridine rings is 1. The van der Waals surface area contributed by atoms with Crippen LogP contribution in [0.5, 0.6) is 11.6 Å². The van der Waals surface area contributed by atoms with Crippen molar-refractivity contribution in [2.45, 2.75) is 12.9 Å². The van der Waals surface area contributed by atoms with Crippen LogP contribution in [0.4, 0.5) is 18.9 Å². The van der Waals surface area contributed by atoms with Crippen LogP contribution < -0.4 is 20.9 Å². The van der Waals surface area contributed by atoms with Crippen molar-refractivity contribution in [1.82, 2.24) is 4.98 Å². The highest BCUT2D eigenvalue weighted by Crippen LogP contribution is 2.35. The fourth-order valence-electron chi connectivity index (χ4n) is 1.11. The summed E-state index contributed by atoms with van der Waals surface area (Å²) in [5.74, 6) is -0.710. The second kappa shape index (κ2) is 4.44. The standard InChI is InChI=1S/C8H10F3N3O2/c1-15-6-4(2-12)3-14-7(5(6)13)16-8(9,10)11/h3H,2,12-13H2,1H3. The molecule has 0 unspecified atom stereocenters. The summed E-state index contributed by atoms with van der Waals surface area (Å²) in [6, 6.07) is 0. The Balaban J connectivity index is 3.14. The summed E-state index contributed by atoms with van der Waals surface area (Å²) in [5, 5.41) is 0. The lowest BCUT2D eigenvalue weighted by molar-refractivity contribution is -0.275. The smallest absolute Gasteiger partial charge is 0.494 e. The molecule has 0 atom stereocenters. The van der Waals surface area contributed by atoms with Crippen LogP contribution in [0.25, 0.3) is 0 Å². The first-order valence-electron chi connectivity index (χ1n) is 4.16. The number of rotatable bonds is 3. The van der Waals surface area contributed by atoms with Gasteiger partial charge in [-0.3, -0.25) is 0 Å². The number of nitrogens with zero attached hydrogens (tertiary/aromatic N) is 1. The predicted molar refractivity (Wildman–Crippen MR) is 49.8 cm³/mol. The van der Waals surface area contributed by atoms with Gasteiger partial charge in [0.25, 0.3) is 0 Å². The molecule has 1 rings (SSSR count). The number of hydrogen-bond acceptors (Lipinski definition) is 5. The SMILES string of the molecule is COc1c(CN)cnc(OC(F)(F)F)c1N. The van der Waals surface area contributed by atoms with Gasteiger partial charge in [0.1, 0.15) is 5.69 Å². The van der Waals surface area contributed by atoms with Gasteiger partial charge in [0.05, 0.1) is 7.11 Å². The van der Waals surface area contributed by atoms with Crippen molar-refractivity contribution >= 4 is 5.69 Å². The fraction of sp³-hybridized carbons (Fsp3) is 0.375. The molecule has 8 heteroatoms. The van der Waals surface area contributed by atoms with Gasteiger partial charge in [0.15, 0.2) is 5.75 Å². The Labute approximate surface area is 89.1 Å². The second-order valence-corrected chi connectivity index (χ2v) is 2.79. The van der Waals surface area contributed by atoms with Gasteiger partial charge >= 0.3 is 6.36 Å². The number of hydrogen-bond donors (Lipinski definition) is 2. The minimum atomic E-state index is -4.85. The largest absolute Gasteiger partial charge is 0.574 e. The van der Waals surface area contributed by atoms with Gasteiger partial charge in [-0.2, -0.15) is 0 Å². The molecule has 90 valence electrons.